The van der Waals surface area contributed by atoms with Crippen molar-refractivity contribution in [3.05, 3.63) is 74.5 Å². The van der Waals surface area contributed by atoms with Gasteiger partial charge < -0.3 is 24.2 Å². The van der Waals surface area contributed by atoms with Gasteiger partial charge in [0.05, 0.1) is 12.7 Å². The van der Waals surface area contributed by atoms with Crippen molar-refractivity contribution in [2.24, 2.45) is 0 Å². The van der Waals surface area contributed by atoms with Gasteiger partial charge in [0.1, 0.15) is 24.0 Å². The zero-order valence-corrected chi connectivity index (χ0v) is 24.1. The van der Waals surface area contributed by atoms with Gasteiger partial charge in [0.2, 0.25) is 0 Å². The molecule has 0 radical (unpaired) electrons. The lowest BCUT2D eigenvalue weighted by Gasteiger charge is -2.32. The summed E-state index contributed by atoms with van der Waals surface area (Å²) in [7, 11) is -4.38. The summed E-state index contributed by atoms with van der Waals surface area (Å²) in [6.45, 7) is 9.44. The first-order valence-corrected chi connectivity index (χ1v) is 14.3. The molecular weight excluding hydrogens is 569 g/mol. The number of aliphatic hydroxyl groups is 2. The van der Waals surface area contributed by atoms with Crippen LogP contribution in [-0.4, -0.2) is 62.3 Å². The molecule has 40 heavy (non-hydrogen) atoms. The number of carbonyl (C=O) groups excluding carboxylic acids is 1. The average molecular weight is 602 g/mol. The normalized spacial score (nSPS) is 25.5. The van der Waals surface area contributed by atoms with Crippen LogP contribution in [0.25, 0.3) is 0 Å². The third-order valence-electron chi connectivity index (χ3n) is 6.32. The Morgan fingerprint density at radius 3 is 2.52 bits per heavy atom. The van der Waals surface area contributed by atoms with E-state index >= 15 is 0 Å². The number of nitrogens with zero attached hydrogens (tertiary/aromatic N) is 1. The quantitative estimate of drug-likeness (QED) is 0.159. The SMILES string of the molecule is C=C(C)[C@@]1(O)[C@H](O)[C@@H](COP(=O)(N[C@@H](C)C(=O)O[C@H](C)CC)Oc2ccc(Cl)cc2)O[C@H]1n1ccc(=O)[nH]c1=O. The van der Waals surface area contributed by atoms with Gasteiger partial charge in [-0.3, -0.25) is 23.7 Å². The molecule has 1 aromatic heterocycles. The molecule has 2 aromatic rings. The standard InChI is InChI=1S/C25H33ClN3O10P/c1-6-15(4)37-22(32)16(5)28-40(35,39-18-9-7-17(26)8-10-18)36-13-19-21(31)25(34,14(2)3)23(38-19)29-12-11-20(30)27-24(29)33/h7-12,15-16,19,21,23,31,34H,2,6,13H2,1,3-5H3,(H,28,35)(H,27,30,33)/t15-,16+,19-,21-,23-,25-,40?/m1/s1. The number of rotatable bonds is 12. The summed E-state index contributed by atoms with van der Waals surface area (Å²) in [5.41, 5.74) is -3.73. The van der Waals surface area contributed by atoms with E-state index < -0.39 is 61.7 Å². The molecule has 0 saturated carbocycles. The smallest absolute Gasteiger partial charge is 0.459 e. The second kappa shape index (κ2) is 12.8. The monoisotopic (exact) mass is 601 g/mol. The minimum atomic E-state index is -4.38. The molecule has 1 unspecified atom stereocenters. The second-order valence-electron chi connectivity index (χ2n) is 9.44. The Morgan fingerprint density at radius 2 is 1.95 bits per heavy atom. The lowest BCUT2D eigenvalue weighted by molar-refractivity contribution is -0.150. The highest BCUT2D eigenvalue weighted by molar-refractivity contribution is 7.52. The van der Waals surface area contributed by atoms with E-state index in [4.69, 9.17) is 30.1 Å². The number of H-pyrrole nitrogens is 1. The van der Waals surface area contributed by atoms with Crippen LogP contribution in [0.5, 0.6) is 5.75 Å². The Kier molecular flexibility index (Phi) is 10.2. The molecule has 0 bridgehead atoms. The molecule has 4 N–H and O–H groups in total. The summed E-state index contributed by atoms with van der Waals surface area (Å²) in [6.07, 6.45) is -3.33. The number of nitrogens with one attached hydrogen (secondary N) is 2. The first-order valence-electron chi connectivity index (χ1n) is 12.4. The van der Waals surface area contributed by atoms with Gasteiger partial charge in [0.15, 0.2) is 11.8 Å². The number of carbonyl (C=O) groups is 1. The Morgan fingerprint density at radius 1 is 1.30 bits per heavy atom. The molecule has 0 amide bonds. The summed E-state index contributed by atoms with van der Waals surface area (Å²) in [4.78, 5) is 38.5. The molecule has 1 aromatic carbocycles. The predicted octanol–water partition coefficient (Wildman–Crippen LogP) is 2.28. The third-order valence-corrected chi connectivity index (χ3v) is 8.21. The Labute approximate surface area is 235 Å². The fraction of sp³-hybridized carbons (Fsp3) is 0.480. The van der Waals surface area contributed by atoms with E-state index in [2.05, 4.69) is 11.7 Å². The second-order valence-corrected chi connectivity index (χ2v) is 11.6. The van der Waals surface area contributed by atoms with Crippen molar-refractivity contribution in [3.63, 3.8) is 0 Å². The molecule has 15 heteroatoms. The van der Waals surface area contributed by atoms with Gasteiger partial charge >= 0.3 is 19.4 Å². The third kappa shape index (κ3) is 7.10. The predicted molar refractivity (Wildman–Crippen MR) is 145 cm³/mol. The van der Waals surface area contributed by atoms with Gasteiger partial charge in [-0.1, -0.05) is 25.1 Å². The summed E-state index contributed by atoms with van der Waals surface area (Å²) in [5.74, 6) is -0.615. The van der Waals surface area contributed by atoms with Crippen LogP contribution in [0.2, 0.25) is 5.02 Å². The number of benzene rings is 1. The maximum Gasteiger partial charge on any atom is 0.459 e. The molecule has 1 aliphatic heterocycles. The lowest BCUT2D eigenvalue weighted by Crippen LogP contribution is -2.50. The molecule has 13 nitrogen and oxygen atoms in total. The Hall–Kier alpha value is -2.77. The van der Waals surface area contributed by atoms with E-state index in [-0.39, 0.29) is 17.4 Å². The first-order chi connectivity index (χ1) is 18.7. The van der Waals surface area contributed by atoms with Crippen LogP contribution < -0.4 is 20.9 Å². The molecule has 1 aliphatic rings. The van der Waals surface area contributed by atoms with Crippen LogP contribution in [0.3, 0.4) is 0 Å². The van der Waals surface area contributed by atoms with Gasteiger partial charge in [-0.2, -0.15) is 5.09 Å². The number of ether oxygens (including phenoxy) is 2. The van der Waals surface area contributed by atoms with E-state index in [1.54, 1.807) is 6.92 Å². The van der Waals surface area contributed by atoms with Crippen LogP contribution in [0.15, 0.2) is 58.3 Å². The number of aromatic amines is 1. The van der Waals surface area contributed by atoms with Crippen LogP contribution >= 0.6 is 19.3 Å². The van der Waals surface area contributed by atoms with Gasteiger partial charge in [0.25, 0.3) is 5.56 Å². The number of hydrogen-bond donors (Lipinski definition) is 4. The van der Waals surface area contributed by atoms with Crippen LogP contribution in [0.4, 0.5) is 0 Å². The van der Waals surface area contributed by atoms with E-state index in [0.29, 0.717) is 11.4 Å². The molecule has 3 rings (SSSR count). The van der Waals surface area contributed by atoms with E-state index in [9.17, 15) is 29.2 Å². The summed E-state index contributed by atoms with van der Waals surface area (Å²) in [5, 5.41) is 25.3. The first kappa shape index (κ1) is 31.8. The topological polar surface area (TPSA) is 178 Å². The van der Waals surface area contributed by atoms with E-state index in [1.165, 1.54) is 38.1 Å². The molecule has 0 spiro atoms. The van der Waals surface area contributed by atoms with Crippen molar-refractivity contribution < 1.29 is 38.1 Å². The maximum atomic E-state index is 13.8. The van der Waals surface area contributed by atoms with Crippen molar-refractivity contribution in [2.75, 3.05) is 6.61 Å². The Balaban J connectivity index is 1.87. The summed E-state index contributed by atoms with van der Waals surface area (Å²) < 4.78 is 37.0. The van der Waals surface area contributed by atoms with Crippen molar-refractivity contribution in [2.45, 2.75) is 70.3 Å². The number of aliphatic hydroxyl groups excluding tert-OH is 1. The van der Waals surface area contributed by atoms with Crippen LogP contribution in [0.1, 0.15) is 40.3 Å². The lowest BCUT2D eigenvalue weighted by atomic mass is 9.87. The van der Waals surface area contributed by atoms with E-state index in [0.717, 1.165) is 16.8 Å². The number of esters is 1. The van der Waals surface area contributed by atoms with Crippen LogP contribution in [0, 0.1) is 0 Å². The number of halogens is 1. The minimum Gasteiger partial charge on any atom is -0.462 e. The molecule has 2 heterocycles. The molecule has 1 fully saturated rings. The number of hydrogen-bond acceptors (Lipinski definition) is 10. The summed E-state index contributed by atoms with van der Waals surface area (Å²) in [6, 6.07) is 5.75. The molecular formula is C25H33ClN3O10P. The molecule has 7 atom stereocenters. The molecule has 0 aliphatic carbocycles. The highest BCUT2D eigenvalue weighted by atomic mass is 35.5. The fourth-order valence-electron chi connectivity index (χ4n) is 3.83. The molecule has 220 valence electrons. The van der Waals surface area contributed by atoms with Crippen molar-refractivity contribution in [3.8, 4) is 5.75 Å². The van der Waals surface area contributed by atoms with Gasteiger partial charge in [0, 0.05) is 17.3 Å². The average Bonchev–Trinajstić information content (AvgIpc) is 3.15. The highest BCUT2D eigenvalue weighted by Gasteiger charge is 2.57. The van der Waals surface area contributed by atoms with Crippen molar-refractivity contribution in [1.82, 2.24) is 14.6 Å². The maximum absolute atomic E-state index is 13.8. The zero-order valence-electron chi connectivity index (χ0n) is 22.4. The van der Waals surface area contributed by atoms with Gasteiger partial charge in [-0.25, -0.2) is 9.36 Å². The fourth-order valence-corrected chi connectivity index (χ4v) is 5.45. The van der Waals surface area contributed by atoms with Gasteiger partial charge in [-0.05, 0) is 57.0 Å². The van der Waals surface area contributed by atoms with Crippen molar-refractivity contribution in [1.29, 1.82) is 0 Å². The van der Waals surface area contributed by atoms with Crippen LogP contribution in [-0.2, 0) is 23.4 Å². The Bertz CT molecular complexity index is 1380. The summed E-state index contributed by atoms with van der Waals surface area (Å²) >= 11 is 5.92. The van der Waals surface area contributed by atoms with E-state index in [1.807, 2.05) is 11.9 Å². The highest BCUT2D eigenvalue weighted by Crippen LogP contribution is 2.48. The minimum absolute atomic E-state index is 0.0470. The zero-order chi connectivity index (χ0) is 29.8. The largest absolute Gasteiger partial charge is 0.462 e. The van der Waals surface area contributed by atoms with Gasteiger partial charge in [-0.15, -0.1) is 0 Å². The van der Waals surface area contributed by atoms with Crippen molar-refractivity contribution >= 4 is 25.3 Å². The number of aromatic nitrogens is 2. The molecule has 1 saturated heterocycles.